The molecule has 2 aromatic carbocycles. The maximum atomic E-state index is 12.8. The van der Waals surface area contributed by atoms with E-state index in [4.69, 9.17) is 0 Å². The number of nitrogens with zero attached hydrogens (tertiary/aromatic N) is 1. The van der Waals surface area contributed by atoms with Crippen LogP contribution in [-0.4, -0.2) is 24.9 Å². The maximum Gasteiger partial charge on any atom is 0.253 e. The highest BCUT2D eigenvalue weighted by Gasteiger charge is 2.33. The first kappa shape index (κ1) is 18.2. The van der Waals surface area contributed by atoms with Gasteiger partial charge in [0.05, 0.1) is 11.3 Å². The second-order valence-electron chi connectivity index (χ2n) is 7.09. The van der Waals surface area contributed by atoms with Gasteiger partial charge in [-0.05, 0) is 50.3 Å². The van der Waals surface area contributed by atoms with E-state index in [9.17, 15) is 9.59 Å². The third kappa shape index (κ3) is 4.51. The number of amides is 2. The van der Waals surface area contributed by atoms with Gasteiger partial charge in [0, 0.05) is 19.0 Å². The molecule has 1 saturated carbocycles. The van der Waals surface area contributed by atoms with Gasteiger partial charge in [-0.1, -0.05) is 42.5 Å². The van der Waals surface area contributed by atoms with E-state index in [2.05, 4.69) is 17.4 Å². The summed E-state index contributed by atoms with van der Waals surface area (Å²) in [5.41, 5.74) is 2.50. The number of aryl methyl sites for hydroxylation is 1. The first-order valence-electron chi connectivity index (χ1n) is 9.27. The Labute approximate surface area is 155 Å². The quantitative estimate of drug-likeness (QED) is 0.825. The molecule has 2 aromatic rings. The summed E-state index contributed by atoms with van der Waals surface area (Å²) < 4.78 is 0. The Balaban J connectivity index is 1.63. The second kappa shape index (κ2) is 8.17. The van der Waals surface area contributed by atoms with Crippen LogP contribution in [0.15, 0.2) is 54.6 Å². The van der Waals surface area contributed by atoms with Crippen molar-refractivity contribution in [3.8, 4) is 0 Å². The summed E-state index contributed by atoms with van der Waals surface area (Å²) in [4.78, 5) is 26.7. The van der Waals surface area contributed by atoms with E-state index in [1.54, 1.807) is 18.0 Å². The van der Waals surface area contributed by atoms with Crippen LogP contribution in [0.1, 0.15) is 42.1 Å². The largest absolute Gasteiger partial charge is 0.350 e. The summed E-state index contributed by atoms with van der Waals surface area (Å²) in [6.07, 6.45) is 3.70. The molecule has 1 unspecified atom stereocenters. The van der Waals surface area contributed by atoms with E-state index in [0.29, 0.717) is 11.3 Å². The van der Waals surface area contributed by atoms with E-state index < -0.39 is 0 Å². The SMILES string of the molecule is CC(CCc1ccccc1)NC(=O)c1ccccc1N(C)C(=O)C1CC1. The van der Waals surface area contributed by atoms with Crippen LogP contribution in [0, 0.1) is 5.92 Å². The lowest BCUT2D eigenvalue weighted by Gasteiger charge is -2.21. The lowest BCUT2D eigenvalue weighted by molar-refractivity contribution is -0.119. The highest BCUT2D eigenvalue weighted by molar-refractivity contribution is 6.05. The molecular formula is C22H26N2O2. The fourth-order valence-electron chi connectivity index (χ4n) is 3.08. The minimum atomic E-state index is -0.128. The standard InChI is InChI=1S/C22H26N2O2/c1-16(12-13-17-8-4-3-5-9-17)23-21(25)19-10-6-7-11-20(19)24(2)22(26)18-14-15-18/h3-11,16,18H,12-15H2,1-2H3,(H,23,25). The van der Waals surface area contributed by atoms with Gasteiger partial charge < -0.3 is 10.2 Å². The molecule has 0 saturated heterocycles. The predicted molar refractivity (Wildman–Crippen MR) is 104 cm³/mol. The molecule has 0 aliphatic heterocycles. The van der Waals surface area contributed by atoms with Gasteiger partial charge in [0.1, 0.15) is 0 Å². The van der Waals surface area contributed by atoms with Crippen LogP contribution in [0.4, 0.5) is 5.69 Å². The molecule has 3 rings (SSSR count). The molecule has 136 valence electrons. The molecule has 2 amide bonds. The number of carbonyl (C=O) groups excluding carboxylic acids is 2. The van der Waals surface area contributed by atoms with E-state index in [1.807, 2.05) is 43.3 Å². The van der Waals surface area contributed by atoms with Crippen LogP contribution in [-0.2, 0) is 11.2 Å². The zero-order chi connectivity index (χ0) is 18.5. The summed E-state index contributed by atoms with van der Waals surface area (Å²) in [5.74, 6) is 0.0971. The van der Waals surface area contributed by atoms with Crippen molar-refractivity contribution >= 4 is 17.5 Å². The Morgan fingerprint density at radius 2 is 1.73 bits per heavy atom. The molecule has 4 nitrogen and oxygen atoms in total. The molecule has 4 heteroatoms. The number of para-hydroxylation sites is 1. The number of anilines is 1. The van der Waals surface area contributed by atoms with Gasteiger partial charge in [-0.15, -0.1) is 0 Å². The van der Waals surface area contributed by atoms with Gasteiger partial charge in [0.2, 0.25) is 5.91 Å². The molecule has 1 aliphatic carbocycles. The van der Waals surface area contributed by atoms with E-state index in [1.165, 1.54) is 5.56 Å². The van der Waals surface area contributed by atoms with Gasteiger partial charge in [0.15, 0.2) is 0 Å². The van der Waals surface area contributed by atoms with E-state index in [0.717, 1.165) is 25.7 Å². The number of hydrogen-bond donors (Lipinski definition) is 1. The number of nitrogens with one attached hydrogen (secondary N) is 1. The van der Waals surface area contributed by atoms with Crippen LogP contribution in [0.5, 0.6) is 0 Å². The molecule has 1 aliphatic rings. The van der Waals surface area contributed by atoms with Crippen LogP contribution in [0.3, 0.4) is 0 Å². The summed E-state index contributed by atoms with van der Waals surface area (Å²) in [7, 11) is 1.76. The van der Waals surface area contributed by atoms with Gasteiger partial charge in [-0.2, -0.15) is 0 Å². The predicted octanol–water partition coefficient (Wildman–Crippen LogP) is 3.81. The number of rotatable bonds is 7. The minimum absolute atomic E-state index is 0.0557. The topological polar surface area (TPSA) is 49.4 Å². The summed E-state index contributed by atoms with van der Waals surface area (Å²) in [6, 6.07) is 17.6. The van der Waals surface area contributed by atoms with Crippen molar-refractivity contribution in [3.63, 3.8) is 0 Å². The Morgan fingerprint density at radius 3 is 2.42 bits per heavy atom. The first-order valence-corrected chi connectivity index (χ1v) is 9.27. The van der Waals surface area contributed by atoms with Crippen molar-refractivity contribution in [2.75, 3.05) is 11.9 Å². The van der Waals surface area contributed by atoms with Crippen LogP contribution < -0.4 is 10.2 Å². The van der Waals surface area contributed by atoms with Crippen molar-refractivity contribution < 1.29 is 9.59 Å². The van der Waals surface area contributed by atoms with Crippen LogP contribution in [0.25, 0.3) is 0 Å². The van der Waals surface area contributed by atoms with Gasteiger partial charge in [-0.3, -0.25) is 9.59 Å². The number of hydrogen-bond acceptors (Lipinski definition) is 2. The van der Waals surface area contributed by atoms with Gasteiger partial charge in [-0.25, -0.2) is 0 Å². The normalized spacial score (nSPS) is 14.5. The molecule has 0 spiro atoms. The molecule has 0 bridgehead atoms. The van der Waals surface area contributed by atoms with Crippen LogP contribution in [0.2, 0.25) is 0 Å². The smallest absolute Gasteiger partial charge is 0.253 e. The fourth-order valence-corrected chi connectivity index (χ4v) is 3.08. The summed E-state index contributed by atoms with van der Waals surface area (Å²) >= 11 is 0. The lowest BCUT2D eigenvalue weighted by atomic mass is 10.1. The average molecular weight is 350 g/mol. The van der Waals surface area contributed by atoms with Crippen molar-refractivity contribution in [3.05, 3.63) is 65.7 Å². The monoisotopic (exact) mass is 350 g/mol. The fraction of sp³-hybridized carbons (Fsp3) is 0.364. The summed E-state index contributed by atoms with van der Waals surface area (Å²) in [5, 5.41) is 3.07. The van der Waals surface area contributed by atoms with Crippen molar-refractivity contribution in [2.45, 2.75) is 38.6 Å². The van der Waals surface area contributed by atoms with Gasteiger partial charge in [0.25, 0.3) is 5.91 Å². The Morgan fingerprint density at radius 1 is 1.08 bits per heavy atom. The number of benzene rings is 2. The number of carbonyl (C=O) groups is 2. The van der Waals surface area contributed by atoms with E-state index in [-0.39, 0.29) is 23.8 Å². The molecule has 26 heavy (non-hydrogen) atoms. The Bertz CT molecular complexity index is 769. The van der Waals surface area contributed by atoms with Gasteiger partial charge >= 0.3 is 0 Å². The third-order valence-corrected chi connectivity index (χ3v) is 4.85. The third-order valence-electron chi connectivity index (χ3n) is 4.85. The molecule has 0 heterocycles. The first-order chi connectivity index (χ1) is 12.6. The highest BCUT2D eigenvalue weighted by Crippen LogP contribution is 2.33. The lowest BCUT2D eigenvalue weighted by Crippen LogP contribution is -2.35. The van der Waals surface area contributed by atoms with Crippen molar-refractivity contribution in [2.24, 2.45) is 5.92 Å². The Hall–Kier alpha value is -2.62. The Kier molecular flexibility index (Phi) is 5.71. The average Bonchev–Trinajstić information content (AvgIpc) is 3.51. The van der Waals surface area contributed by atoms with Crippen molar-refractivity contribution in [1.29, 1.82) is 0 Å². The zero-order valence-electron chi connectivity index (χ0n) is 15.4. The maximum absolute atomic E-state index is 12.8. The summed E-state index contributed by atoms with van der Waals surface area (Å²) in [6.45, 7) is 2.02. The zero-order valence-corrected chi connectivity index (χ0v) is 15.4. The molecule has 1 N–H and O–H groups in total. The van der Waals surface area contributed by atoms with Crippen molar-refractivity contribution in [1.82, 2.24) is 5.32 Å². The van der Waals surface area contributed by atoms with Crippen LogP contribution >= 0.6 is 0 Å². The second-order valence-corrected chi connectivity index (χ2v) is 7.09. The molecule has 1 atom stereocenters. The van der Waals surface area contributed by atoms with E-state index >= 15 is 0 Å². The molecule has 0 radical (unpaired) electrons. The molecule has 1 fully saturated rings. The molecular weight excluding hydrogens is 324 g/mol. The molecule has 0 aromatic heterocycles. The minimum Gasteiger partial charge on any atom is -0.350 e. The highest BCUT2D eigenvalue weighted by atomic mass is 16.2.